The molecule has 2 heterocycles. The van der Waals surface area contributed by atoms with E-state index in [1.807, 2.05) is 32.9 Å². The lowest BCUT2D eigenvalue weighted by molar-refractivity contribution is -0.107. The number of carbonyl (C=O) groups excluding carboxylic acids is 2. The number of aldehydes is 1. The molecule has 0 spiro atoms. The average molecular weight is 343 g/mol. The first kappa shape index (κ1) is 18.8. The summed E-state index contributed by atoms with van der Waals surface area (Å²) < 4.78 is 5.40. The van der Waals surface area contributed by atoms with Crippen molar-refractivity contribution in [3.05, 3.63) is 23.9 Å². The molecule has 0 aromatic carbocycles. The van der Waals surface area contributed by atoms with Crippen LogP contribution in [0.3, 0.4) is 0 Å². The first-order chi connectivity index (χ1) is 11.9. The highest BCUT2D eigenvalue weighted by Crippen LogP contribution is 2.16. The summed E-state index contributed by atoms with van der Waals surface area (Å²) in [5.74, 6) is 6.82. The molecule has 0 N–H and O–H groups in total. The molecule has 1 aromatic rings. The van der Waals surface area contributed by atoms with Crippen LogP contribution in [0.15, 0.2) is 18.3 Å². The molecule has 2 rings (SSSR count). The van der Waals surface area contributed by atoms with Crippen molar-refractivity contribution in [2.45, 2.75) is 39.2 Å². The van der Waals surface area contributed by atoms with Crippen LogP contribution in [0.1, 0.15) is 39.2 Å². The molecule has 0 radical (unpaired) electrons. The van der Waals surface area contributed by atoms with E-state index in [1.165, 1.54) is 0 Å². The number of rotatable bonds is 3. The fraction of sp³-hybridized carbons (Fsp3) is 0.526. The van der Waals surface area contributed by atoms with Gasteiger partial charge in [-0.3, -0.25) is 0 Å². The van der Waals surface area contributed by atoms with Gasteiger partial charge in [-0.1, -0.05) is 11.8 Å². The van der Waals surface area contributed by atoms with Crippen LogP contribution in [-0.2, 0) is 9.53 Å². The molecule has 1 aliphatic heterocycles. The number of hydrogen-bond donors (Lipinski definition) is 0. The quantitative estimate of drug-likeness (QED) is 0.479. The number of piperazine rings is 1. The summed E-state index contributed by atoms with van der Waals surface area (Å²) in [7, 11) is 0. The molecule has 134 valence electrons. The lowest BCUT2D eigenvalue weighted by Gasteiger charge is -2.36. The largest absolute Gasteiger partial charge is 0.444 e. The Hall–Kier alpha value is -2.55. The predicted molar refractivity (Wildman–Crippen MR) is 96.4 cm³/mol. The van der Waals surface area contributed by atoms with E-state index in [0.29, 0.717) is 25.9 Å². The molecular weight excluding hydrogens is 318 g/mol. The second-order valence-corrected chi connectivity index (χ2v) is 6.87. The fourth-order valence-corrected chi connectivity index (χ4v) is 2.39. The van der Waals surface area contributed by atoms with Gasteiger partial charge in [-0.05, 0) is 32.9 Å². The number of hydrogen-bond acceptors (Lipinski definition) is 5. The van der Waals surface area contributed by atoms with Crippen molar-refractivity contribution in [3.8, 4) is 11.8 Å². The molecule has 6 nitrogen and oxygen atoms in total. The van der Waals surface area contributed by atoms with Crippen LogP contribution in [0.4, 0.5) is 10.6 Å². The lowest BCUT2D eigenvalue weighted by Crippen LogP contribution is -2.50. The van der Waals surface area contributed by atoms with Gasteiger partial charge in [0, 0.05) is 50.8 Å². The highest BCUT2D eigenvalue weighted by atomic mass is 16.6. The molecule has 1 aliphatic rings. The smallest absolute Gasteiger partial charge is 0.410 e. The van der Waals surface area contributed by atoms with Crippen molar-refractivity contribution in [2.75, 3.05) is 31.1 Å². The molecule has 1 amide bonds. The van der Waals surface area contributed by atoms with E-state index in [-0.39, 0.29) is 6.09 Å². The standard InChI is InChI=1S/C19H25N3O3/c1-19(2,3)25-18(24)22-12-10-21(11-13-22)17-9-8-16(15-20-17)7-5-4-6-14-23/h8-9,14-15H,4,6,10-13H2,1-3H3. The van der Waals surface area contributed by atoms with Gasteiger partial charge < -0.3 is 19.3 Å². The number of nitrogens with zero attached hydrogens (tertiary/aromatic N) is 3. The number of pyridine rings is 1. The summed E-state index contributed by atoms with van der Waals surface area (Å²) in [6.45, 7) is 8.28. The predicted octanol–water partition coefficient (Wildman–Crippen LogP) is 2.47. The molecule has 0 atom stereocenters. The van der Waals surface area contributed by atoms with Crippen LogP contribution in [0.25, 0.3) is 0 Å². The molecule has 1 fully saturated rings. The van der Waals surface area contributed by atoms with Crippen molar-refractivity contribution in [1.82, 2.24) is 9.88 Å². The Morgan fingerprint density at radius 1 is 1.28 bits per heavy atom. The van der Waals surface area contributed by atoms with Crippen molar-refractivity contribution in [3.63, 3.8) is 0 Å². The molecule has 1 aromatic heterocycles. The Bertz CT molecular complexity index is 645. The number of aromatic nitrogens is 1. The minimum absolute atomic E-state index is 0.263. The first-order valence-corrected chi connectivity index (χ1v) is 8.50. The Labute approximate surface area is 149 Å². The number of carbonyl (C=O) groups is 2. The third-order valence-electron chi connectivity index (χ3n) is 3.62. The second kappa shape index (κ2) is 8.52. The third kappa shape index (κ3) is 6.11. The number of ether oxygens (including phenoxy) is 1. The molecule has 25 heavy (non-hydrogen) atoms. The maximum absolute atomic E-state index is 12.1. The third-order valence-corrected chi connectivity index (χ3v) is 3.62. The zero-order valence-electron chi connectivity index (χ0n) is 15.1. The molecule has 0 bridgehead atoms. The summed E-state index contributed by atoms with van der Waals surface area (Å²) in [5.41, 5.74) is 0.361. The highest BCUT2D eigenvalue weighted by Gasteiger charge is 2.26. The van der Waals surface area contributed by atoms with E-state index in [2.05, 4.69) is 21.7 Å². The van der Waals surface area contributed by atoms with E-state index in [1.54, 1.807) is 11.1 Å². The van der Waals surface area contributed by atoms with Crippen molar-refractivity contribution in [2.24, 2.45) is 0 Å². The van der Waals surface area contributed by atoms with Gasteiger partial charge in [0.25, 0.3) is 0 Å². The maximum atomic E-state index is 12.1. The van der Waals surface area contributed by atoms with E-state index in [0.717, 1.165) is 30.8 Å². The minimum Gasteiger partial charge on any atom is -0.444 e. The van der Waals surface area contributed by atoms with Crippen LogP contribution < -0.4 is 4.90 Å². The van der Waals surface area contributed by atoms with Gasteiger partial charge in [0.05, 0.1) is 0 Å². The van der Waals surface area contributed by atoms with Crippen molar-refractivity contribution < 1.29 is 14.3 Å². The highest BCUT2D eigenvalue weighted by molar-refractivity contribution is 5.68. The zero-order valence-corrected chi connectivity index (χ0v) is 15.1. The summed E-state index contributed by atoms with van der Waals surface area (Å²) >= 11 is 0. The molecule has 0 unspecified atom stereocenters. The fourth-order valence-electron chi connectivity index (χ4n) is 2.39. The summed E-state index contributed by atoms with van der Waals surface area (Å²) in [4.78, 5) is 30.7. The van der Waals surface area contributed by atoms with Gasteiger partial charge in [-0.25, -0.2) is 9.78 Å². The van der Waals surface area contributed by atoms with Gasteiger partial charge in [0.1, 0.15) is 17.7 Å². The SMILES string of the molecule is CC(C)(C)OC(=O)N1CCN(c2ccc(C#CCCC=O)cn2)CC1. The number of unbranched alkanes of at least 4 members (excludes halogenated alkanes) is 1. The Balaban J connectivity index is 1.87. The molecule has 6 heteroatoms. The number of amides is 1. The first-order valence-electron chi connectivity index (χ1n) is 8.50. The summed E-state index contributed by atoms with van der Waals surface area (Å²) in [6.07, 6.45) is 3.37. The zero-order chi connectivity index (χ0) is 18.3. The van der Waals surface area contributed by atoms with Gasteiger partial charge in [0.15, 0.2) is 0 Å². The van der Waals surface area contributed by atoms with Crippen LogP contribution in [0, 0.1) is 11.8 Å². The topological polar surface area (TPSA) is 62.7 Å². The van der Waals surface area contributed by atoms with E-state index < -0.39 is 5.60 Å². The molecule has 1 saturated heterocycles. The van der Waals surface area contributed by atoms with Gasteiger partial charge in [0.2, 0.25) is 0 Å². The Kier molecular flexibility index (Phi) is 6.40. The van der Waals surface area contributed by atoms with Crippen LogP contribution in [0.5, 0.6) is 0 Å². The Morgan fingerprint density at radius 2 is 2.00 bits per heavy atom. The summed E-state index contributed by atoms with van der Waals surface area (Å²) in [5, 5.41) is 0. The van der Waals surface area contributed by atoms with Gasteiger partial charge in [-0.15, -0.1) is 0 Å². The van der Waals surface area contributed by atoms with Crippen LogP contribution in [0.2, 0.25) is 0 Å². The average Bonchev–Trinajstić information content (AvgIpc) is 2.58. The van der Waals surface area contributed by atoms with Crippen LogP contribution in [-0.4, -0.2) is 54.0 Å². The maximum Gasteiger partial charge on any atom is 0.410 e. The molecule has 0 aliphatic carbocycles. The molecular formula is C19H25N3O3. The normalized spacial score (nSPS) is 14.5. The van der Waals surface area contributed by atoms with E-state index in [4.69, 9.17) is 4.74 Å². The lowest BCUT2D eigenvalue weighted by atomic mass is 10.2. The number of anilines is 1. The van der Waals surface area contributed by atoms with Crippen LogP contribution >= 0.6 is 0 Å². The van der Waals surface area contributed by atoms with Gasteiger partial charge in [-0.2, -0.15) is 0 Å². The van der Waals surface area contributed by atoms with Crippen molar-refractivity contribution >= 4 is 18.2 Å². The molecule has 0 saturated carbocycles. The minimum atomic E-state index is -0.474. The van der Waals surface area contributed by atoms with E-state index >= 15 is 0 Å². The van der Waals surface area contributed by atoms with Gasteiger partial charge >= 0.3 is 6.09 Å². The van der Waals surface area contributed by atoms with E-state index in [9.17, 15) is 9.59 Å². The Morgan fingerprint density at radius 3 is 2.56 bits per heavy atom. The van der Waals surface area contributed by atoms with Crippen molar-refractivity contribution in [1.29, 1.82) is 0 Å². The second-order valence-electron chi connectivity index (χ2n) is 6.87. The summed E-state index contributed by atoms with van der Waals surface area (Å²) in [6, 6.07) is 3.86. The monoisotopic (exact) mass is 343 g/mol.